The van der Waals surface area contributed by atoms with E-state index in [4.69, 9.17) is 0 Å². The van der Waals surface area contributed by atoms with Crippen molar-refractivity contribution in [2.24, 2.45) is 11.8 Å². The van der Waals surface area contributed by atoms with Crippen molar-refractivity contribution in [3.8, 4) is 0 Å². The summed E-state index contributed by atoms with van der Waals surface area (Å²) in [5.41, 5.74) is 0. The summed E-state index contributed by atoms with van der Waals surface area (Å²) < 4.78 is 0. The Bertz CT molecular complexity index is 877. The second kappa shape index (κ2) is 34.8. The first kappa shape index (κ1) is 45.4. The molecule has 0 saturated heterocycles. The van der Waals surface area contributed by atoms with E-state index < -0.39 is 0 Å². The number of ketones is 1. The molecule has 3 unspecified atom stereocenters. The molecule has 1 rings (SSSR count). The average molecular weight is 678 g/mol. The Labute approximate surface area is 307 Å². The van der Waals surface area contributed by atoms with E-state index in [1.54, 1.807) is 0 Å². The zero-order valence-electron chi connectivity index (χ0n) is 33.4. The molecule has 0 aliphatic heterocycles. The van der Waals surface area contributed by atoms with Crippen molar-refractivity contribution in [2.45, 2.75) is 206 Å². The molecular formula is C47H83NO. The van der Waals surface area contributed by atoms with E-state index in [1.807, 2.05) is 0 Å². The molecule has 3 atom stereocenters. The van der Waals surface area contributed by atoms with Gasteiger partial charge in [-0.3, -0.25) is 4.79 Å². The number of hydrogen-bond acceptors (Lipinski definition) is 2. The largest absolute Gasteiger partial charge is 0.306 e. The predicted octanol–water partition coefficient (Wildman–Crippen LogP) is 14.9. The van der Waals surface area contributed by atoms with E-state index in [0.717, 1.165) is 44.9 Å². The number of rotatable bonds is 33. The van der Waals surface area contributed by atoms with Crippen LogP contribution in [0, 0.1) is 11.8 Å². The minimum absolute atomic E-state index is 0.313. The first-order valence-electron chi connectivity index (χ1n) is 21.5. The van der Waals surface area contributed by atoms with Crippen molar-refractivity contribution in [3.63, 3.8) is 0 Å². The van der Waals surface area contributed by atoms with Crippen molar-refractivity contribution >= 4 is 5.78 Å². The lowest BCUT2D eigenvalue weighted by Gasteiger charge is -2.33. The zero-order chi connectivity index (χ0) is 35.5. The van der Waals surface area contributed by atoms with Crippen LogP contribution >= 0.6 is 0 Å². The van der Waals surface area contributed by atoms with E-state index in [0.29, 0.717) is 23.7 Å². The third-order valence-electron chi connectivity index (χ3n) is 10.6. The maximum atomic E-state index is 13.5. The Morgan fingerprint density at radius 3 is 1.51 bits per heavy atom. The van der Waals surface area contributed by atoms with Crippen LogP contribution in [0.4, 0.5) is 0 Å². The van der Waals surface area contributed by atoms with Gasteiger partial charge in [0, 0.05) is 18.4 Å². The molecule has 0 heterocycles. The lowest BCUT2D eigenvalue weighted by atomic mass is 9.79. The van der Waals surface area contributed by atoms with Gasteiger partial charge in [-0.1, -0.05) is 171 Å². The lowest BCUT2D eigenvalue weighted by molar-refractivity contribution is -0.125. The van der Waals surface area contributed by atoms with Crippen LogP contribution in [0.1, 0.15) is 200 Å². The van der Waals surface area contributed by atoms with Gasteiger partial charge >= 0.3 is 0 Å². The SMILES string of the molecule is CC/C=C\C/C=C\C/C=C\CCCCCCCCC(CCCCCCCC/C=C\C/C=C\CCCCC)CC(=O)C1CCCC(N(C)C)C1. The highest BCUT2D eigenvalue weighted by Gasteiger charge is 2.29. The minimum Gasteiger partial charge on any atom is -0.306 e. The second-order valence-corrected chi connectivity index (χ2v) is 15.4. The van der Waals surface area contributed by atoms with Crippen molar-refractivity contribution < 1.29 is 4.79 Å². The van der Waals surface area contributed by atoms with Crippen molar-refractivity contribution in [1.29, 1.82) is 0 Å². The molecule has 0 bridgehead atoms. The van der Waals surface area contributed by atoms with E-state index in [-0.39, 0.29) is 0 Å². The van der Waals surface area contributed by atoms with Crippen LogP contribution in [0.2, 0.25) is 0 Å². The molecule has 49 heavy (non-hydrogen) atoms. The standard InChI is InChI=1S/C47H83NO/c1-5-7-9-11-13-15-17-19-21-23-25-27-29-31-33-35-38-44(42-47(49)45-40-37-41-46(43-45)48(3)4)39-36-34-32-30-28-26-24-22-20-18-16-14-12-10-8-6-2/h7,9,13-16,19-22,44-46H,5-6,8,10-12,17-18,23-43H2,1-4H3/b9-7-,15-13-,16-14-,21-19-,22-20-. The average Bonchev–Trinajstić information content (AvgIpc) is 3.11. The third-order valence-corrected chi connectivity index (χ3v) is 10.6. The van der Waals surface area contributed by atoms with Gasteiger partial charge in [0.05, 0.1) is 0 Å². The van der Waals surface area contributed by atoms with Gasteiger partial charge in [0.1, 0.15) is 5.78 Å². The van der Waals surface area contributed by atoms with Crippen LogP contribution in [0.5, 0.6) is 0 Å². The quantitative estimate of drug-likeness (QED) is 0.0509. The molecule has 0 spiro atoms. The highest BCUT2D eigenvalue weighted by Crippen LogP contribution is 2.31. The van der Waals surface area contributed by atoms with Gasteiger partial charge in [-0.15, -0.1) is 0 Å². The van der Waals surface area contributed by atoms with Crippen LogP contribution in [-0.4, -0.2) is 30.8 Å². The van der Waals surface area contributed by atoms with Gasteiger partial charge in [-0.05, 0) is 103 Å². The fourth-order valence-electron chi connectivity index (χ4n) is 7.38. The highest BCUT2D eigenvalue weighted by molar-refractivity contribution is 5.81. The molecule has 0 aromatic rings. The first-order valence-corrected chi connectivity index (χ1v) is 21.5. The molecule has 0 aromatic heterocycles. The molecule has 2 nitrogen and oxygen atoms in total. The number of carbonyl (C=O) groups excluding carboxylic acids is 1. The van der Waals surface area contributed by atoms with Crippen molar-refractivity contribution in [3.05, 3.63) is 60.8 Å². The zero-order valence-corrected chi connectivity index (χ0v) is 33.4. The van der Waals surface area contributed by atoms with E-state index in [1.165, 1.54) is 141 Å². The fourth-order valence-corrected chi connectivity index (χ4v) is 7.38. The summed E-state index contributed by atoms with van der Waals surface area (Å²) in [4.78, 5) is 15.8. The molecular weight excluding hydrogens is 595 g/mol. The summed E-state index contributed by atoms with van der Waals surface area (Å²) in [5, 5.41) is 0. The third kappa shape index (κ3) is 28.7. The normalized spacial score (nSPS) is 18.1. The van der Waals surface area contributed by atoms with E-state index in [9.17, 15) is 4.79 Å². The number of hydrogen-bond donors (Lipinski definition) is 0. The summed E-state index contributed by atoms with van der Waals surface area (Å²) in [6, 6.07) is 0.596. The minimum atomic E-state index is 0.313. The van der Waals surface area contributed by atoms with Crippen molar-refractivity contribution in [2.75, 3.05) is 14.1 Å². The smallest absolute Gasteiger partial charge is 0.136 e. The van der Waals surface area contributed by atoms with Crippen LogP contribution in [0.25, 0.3) is 0 Å². The molecule has 0 N–H and O–H groups in total. The number of nitrogens with zero attached hydrogens (tertiary/aromatic N) is 1. The van der Waals surface area contributed by atoms with Gasteiger partial charge in [-0.25, -0.2) is 0 Å². The molecule has 1 aliphatic carbocycles. The van der Waals surface area contributed by atoms with E-state index >= 15 is 0 Å². The summed E-state index contributed by atoms with van der Waals surface area (Å²) in [7, 11) is 4.38. The summed E-state index contributed by atoms with van der Waals surface area (Å²) in [6.45, 7) is 4.45. The van der Waals surface area contributed by atoms with Gasteiger partial charge in [-0.2, -0.15) is 0 Å². The van der Waals surface area contributed by atoms with E-state index in [2.05, 4.69) is 93.6 Å². The maximum Gasteiger partial charge on any atom is 0.136 e. The Morgan fingerprint density at radius 1 is 0.571 bits per heavy atom. The number of unbranched alkanes of at least 4 members (excludes halogenated alkanes) is 15. The van der Waals surface area contributed by atoms with Gasteiger partial charge in [0.2, 0.25) is 0 Å². The molecule has 0 aromatic carbocycles. The molecule has 2 heteroatoms. The molecule has 282 valence electrons. The van der Waals surface area contributed by atoms with Crippen LogP contribution < -0.4 is 0 Å². The molecule has 1 fully saturated rings. The highest BCUT2D eigenvalue weighted by atomic mass is 16.1. The fraction of sp³-hybridized carbons (Fsp3) is 0.766. The van der Waals surface area contributed by atoms with Crippen LogP contribution in [0.15, 0.2) is 60.8 Å². The molecule has 1 saturated carbocycles. The molecule has 0 amide bonds. The van der Waals surface area contributed by atoms with Crippen LogP contribution in [0.3, 0.4) is 0 Å². The number of allylic oxidation sites excluding steroid dienone is 10. The van der Waals surface area contributed by atoms with Crippen LogP contribution in [-0.2, 0) is 4.79 Å². The maximum absolute atomic E-state index is 13.5. The Kier molecular flexibility index (Phi) is 32.2. The topological polar surface area (TPSA) is 20.3 Å². The summed E-state index contributed by atoms with van der Waals surface area (Å²) >= 11 is 0. The lowest BCUT2D eigenvalue weighted by Crippen LogP contribution is -2.36. The first-order chi connectivity index (χ1) is 24.1. The van der Waals surface area contributed by atoms with Gasteiger partial charge in [0.25, 0.3) is 0 Å². The summed E-state index contributed by atoms with van der Waals surface area (Å²) in [6.07, 6.45) is 59.4. The molecule has 0 radical (unpaired) electrons. The monoisotopic (exact) mass is 678 g/mol. The Morgan fingerprint density at radius 2 is 1.02 bits per heavy atom. The second-order valence-electron chi connectivity index (χ2n) is 15.4. The van der Waals surface area contributed by atoms with Gasteiger partial charge in [0.15, 0.2) is 0 Å². The predicted molar refractivity (Wildman–Crippen MR) is 220 cm³/mol. The number of carbonyl (C=O) groups is 1. The summed E-state index contributed by atoms with van der Waals surface area (Å²) in [5.74, 6) is 1.51. The van der Waals surface area contributed by atoms with Gasteiger partial charge < -0.3 is 4.90 Å². The number of Topliss-reactive ketones (excluding diaryl/α,β-unsaturated/α-hetero) is 1. The molecule has 1 aliphatic rings. The Hall–Kier alpha value is -1.67. The van der Waals surface area contributed by atoms with Crippen molar-refractivity contribution in [1.82, 2.24) is 4.90 Å². The Balaban J connectivity index is 2.26.